The summed E-state index contributed by atoms with van der Waals surface area (Å²) in [5, 5.41) is 0. The lowest BCUT2D eigenvalue weighted by molar-refractivity contribution is 0.834. The van der Waals surface area contributed by atoms with Gasteiger partial charge in [-0.05, 0) is 46.5 Å². The van der Waals surface area contributed by atoms with Crippen LogP contribution in [0.25, 0.3) is 56.0 Å². The number of hydrogen-bond acceptors (Lipinski definition) is 2. The highest BCUT2D eigenvalue weighted by atomic mass is 15.1. The molecule has 2 heterocycles. The van der Waals surface area contributed by atoms with Crippen LogP contribution in [-0.4, -0.2) is 19.1 Å². The van der Waals surface area contributed by atoms with Crippen LogP contribution in [0.5, 0.6) is 0 Å². The second-order valence-corrected chi connectivity index (χ2v) is 11.2. The number of nitrogens with zero attached hydrogens (tertiary/aromatic N) is 4. The number of benzene rings is 6. The molecule has 4 heteroatoms. The quantitative estimate of drug-likeness (QED) is 0.193. The molecule has 0 saturated carbocycles. The molecule has 8 rings (SSSR count). The van der Waals surface area contributed by atoms with Crippen molar-refractivity contribution in [1.29, 1.82) is 0 Å². The van der Waals surface area contributed by atoms with Crippen molar-refractivity contribution in [2.45, 2.75) is 13.1 Å². The summed E-state index contributed by atoms with van der Waals surface area (Å²) in [4.78, 5) is 10.4. The minimum atomic E-state index is 0.758. The number of fused-ring (bicyclic) bond motifs is 2. The van der Waals surface area contributed by atoms with Gasteiger partial charge < -0.3 is 9.13 Å². The minimum absolute atomic E-state index is 0.758. The fraction of sp³-hybridized carbons (Fsp3) is 0.0500. The molecule has 0 amide bonds. The van der Waals surface area contributed by atoms with Crippen LogP contribution < -0.4 is 0 Å². The lowest BCUT2D eigenvalue weighted by atomic mass is 10.0. The zero-order valence-corrected chi connectivity index (χ0v) is 24.2. The van der Waals surface area contributed by atoms with E-state index >= 15 is 0 Å². The molecule has 0 aliphatic rings. The van der Waals surface area contributed by atoms with Crippen LogP contribution in [0, 0.1) is 0 Å². The monoisotopic (exact) mass is 566 g/mol. The molecule has 0 saturated heterocycles. The zero-order valence-electron chi connectivity index (χ0n) is 24.2. The summed E-state index contributed by atoms with van der Waals surface area (Å²) in [5.74, 6) is 1.95. The second-order valence-electron chi connectivity index (χ2n) is 11.2. The predicted molar refractivity (Wildman–Crippen MR) is 180 cm³/mol. The van der Waals surface area contributed by atoms with E-state index in [0.29, 0.717) is 0 Å². The van der Waals surface area contributed by atoms with Crippen LogP contribution in [0.3, 0.4) is 0 Å². The fourth-order valence-electron chi connectivity index (χ4n) is 6.09. The lowest BCUT2D eigenvalue weighted by Gasteiger charge is -2.10. The third-order valence-corrected chi connectivity index (χ3v) is 8.26. The van der Waals surface area contributed by atoms with Crippen molar-refractivity contribution in [3.05, 3.63) is 169 Å². The molecular formula is C40H30N4. The van der Waals surface area contributed by atoms with Gasteiger partial charge in [-0.25, -0.2) is 9.97 Å². The highest BCUT2D eigenvalue weighted by molar-refractivity contribution is 5.89. The molecule has 2 aromatic heterocycles. The van der Waals surface area contributed by atoms with Crippen molar-refractivity contribution in [3.8, 4) is 33.9 Å². The summed E-state index contributed by atoms with van der Waals surface area (Å²) in [5.41, 5.74) is 11.2. The van der Waals surface area contributed by atoms with Gasteiger partial charge in [0.1, 0.15) is 11.6 Å². The van der Waals surface area contributed by atoms with Gasteiger partial charge in [-0.1, -0.05) is 133 Å². The van der Waals surface area contributed by atoms with Crippen LogP contribution in [0.1, 0.15) is 11.1 Å². The Morgan fingerprint density at radius 1 is 0.364 bits per heavy atom. The fourth-order valence-corrected chi connectivity index (χ4v) is 6.09. The topological polar surface area (TPSA) is 35.6 Å². The molecule has 0 atom stereocenters. The maximum atomic E-state index is 5.18. The van der Waals surface area contributed by atoms with E-state index in [-0.39, 0.29) is 0 Å². The van der Waals surface area contributed by atoms with Gasteiger partial charge in [0.05, 0.1) is 22.1 Å². The molecular weight excluding hydrogens is 536 g/mol. The molecule has 0 unspecified atom stereocenters. The Bertz CT molecular complexity index is 2040. The van der Waals surface area contributed by atoms with Gasteiger partial charge in [0.25, 0.3) is 0 Å². The molecule has 4 nitrogen and oxygen atoms in total. The van der Waals surface area contributed by atoms with Crippen molar-refractivity contribution >= 4 is 22.1 Å². The third-order valence-electron chi connectivity index (χ3n) is 8.26. The van der Waals surface area contributed by atoms with Gasteiger partial charge >= 0.3 is 0 Å². The van der Waals surface area contributed by atoms with Crippen molar-refractivity contribution in [1.82, 2.24) is 19.1 Å². The summed E-state index contributed by atoms with van der Waals surface area (Å²) < 4.78 is 4.65. The van der Waals surface area contributed by atoms with Crippen molar-refractivity contribution in [3.63, 3.8) is 0 Å². The molecule has 0 bridgehead atoms. The molecule has 8 aromatic rings. The van der Waals surface area contributed by atoms with Gasteiger partial charge in [0, 0.05) is 24.2 Å². The number of aromatic nitrogens is 4. The predicted octanol–water partition coefficient (Wildman–Crippen LogP) is 9.48. The van der Waals surface area contributed by atoms with Crippen LogP contribution in [0.2, 0.25) is 0 Å². The Balaban J connectivity index is 1.23. The molecule has 44 heavy (non-hydrogen) atoms. The van der Waals surface area contributed by atoms with Gasteiger partial charge in [-0.3, -0.25) is 0 Å². The molecule has 6 aromatic carbocycles. The molecule has 0 N–H and O–H groups in total. The van der Waals surface area contributed by atoms with Crippen molar-refractivity contribution < 1.29 is 0 Å². The molecule has 0 fully saturated rings. The van der Waals surface area contributed by atoms with E-state index in [1.165, 1.54) is 11.1 Å². The number of rotatable bonds is 7. The van der Waals surface area contributed by atoms with Crippen LogP contribution in [-0.2, 0) is 13.1 Å². The van der Waals surface area contributed by atoms with E-state index in [2.05, 4.69) is 155 Å². The van der Waals surface area contributed by atoms with E-state index in [0.717, 1.165) is 69.1 Å². The van der Waals surface area contributed by atoms with E-state index in [1.807, 2.05) is 12.1 Å². The van der Waals surface area contributed by atoms with Crippen LogP contribution in [0.15, 0.2) is 158 Å². The van der Waals surface area contributed by atoms with E-state index in [1.54, 1.807) is 0 Å². The average Bonchev–Trinajstić information content (AvgIpc) is 3.64. The molecule has 0 radical (unpaired) electrons. The Kier molecular flexibility index (Phi) is 6.58. The second kappa shape index (κ2) is 11.2. The first kappa shape index (κ1) is 25.9. The first-order chi connectivity index (χ1) is 21.8. The van der Waals surface area contributed by atoms with Gasteiger partial charge in [0.2, 0.25) is 0 Å². The Labute approximate surface area is 256 Å². The van der Waals surface area contributed by atoms with E-state index in [4.69, 9.17) is 9.97 Å². The van der Waals surface area contributed by atoms with Gasteiger partial charge in [-0.2, -0.15) is 0 Å². The average molecular weight is 567 g/mol. The van der Waals surface area contributed by atoms with E-state index < -0.39 is 0 Å². The minimum Gasteiger partial charge on any atom is -0.319 e. The smallest absolute Gasteiger partial charge is 0.141 e. The summed E-state index contributed by atoms with van der Waals surface area (Å²) in [6, 6.07) is 55.3. The maximum Gasteiger partial charge on any atom is 0.141 e. The summed E-state index contributed by atoms with van der Waals surface area (Å²) in [6.07, 6.45) is 0. The lowest BCUT2D eigenvalue weighted by Crippen LogP contribution is -2.02. The van der Waals surface area contributed by atoms with Crippen molar-refractivity contribution in [2.24, 2.45) is 0 Å². The Morgan fingerprint density at radius 2 is 0.727 bits per heavy atom. The summed E-state index contributed by atoms with van der Waals surface area (Å²) in [7, 11) is 0. The standard InChI is InChI=1S/C40H30N4/c1-5-13-29(14-6-1)27-43-37-23-21-33(25-35(37)41-39(43)31-17-9-3-10-18-31)34-22-24-38-36(26-34)42-40(32-19-11-4-12-20-32)44(38)28-30-15-7-2-8-16-30/h1-26H,27-28H2. The number of imidazole rings is 2. The first-order valence-corrected chi connectivity index (χ1v) is 15.0. The Hall–Kier alpha value is -5.74. The molecule has 0 aliphatic heterocycles. The molecule has 210 valence electrons. The Morgan fingerprint density at radius 3 is 1.11 bits per heavy atom. The normalized spacial score (nSPS) is 11.4. The van der Waals surface area contributed by atoms with Crippen LogP contribution >= 0.6 is 0 Å². The molecule has 0 spiro atoms. The largest absolute Gasteiger partial charge is 0.319 e. The van der Waals surface area contributed by atoms with Crippen molar-refractivity contribution in [2.75, 3.05) is 0 Å². The third kappa shape index (κ3) is 4.87. The number of hydrogen-bond donors (Lipinski definition) is 0. The first-order valence-electron chi connectivity index (χ1n) is 15.0. The maximum absolute atomic E-state index is 5.18. The SMILES string of the molecule is c1ccc(Cn2c(-c3ccccc3)nc3cc(-c4ccc5c(c4)nc(-c4ccccc4)n5Cc4ccccc4)ccc32)cc1. The van der Waals surface area contributed by atoms with Crippen LogP contribution in [0.4, 0.5) is 0 Å². The van der Waals surface area contributed by atoms with E-state index in [9.17, 15) is 0 Å². The summed E-state index contributed by atoms with van der Waals surface area (Å²) in [6.45, 7) is 1.52. The highest BCUT2D eigenvalue weighted by Crippen LogP contribution is 2.33. The zero-order chi connectivity index (χ0) is 29.3. The van der Waals surface area contributed by atoms with Gasteiger partial charge in [-0.15, -0.1) is 0 Å². The summed E-state index contributed by atoms with van der Waals surface area (Å²) >= 11 is 0. The molecule has 0 aliphatic carbocycles. The highest BCUT2D eigenvalue weighted by Gasteiger charge is 2.16. The van der Waals surface area contributed by atoms with Gasteiger partial charge in [0.15, 0.2) is 0 Å².